The second-order valence-electron chi connectivity index (χ2n) is 6.72. The Hall–Kier alpha value is -0.800. The molecule has 20 heavy (non-hydrogen) atoms. The lowest BCUT2D eigenvalue weighted by Gasteiger charge is -2.22. The van der Waals surface area contributed by atoms with Gasteiger partial charge in [-0.1, -0.05) is 58.8 Å². The smallest absolute Gasteiger partial charge is 0.294 e. The van der Waals surface area contributed by atoms with Crippen LogP contribution in [0.15, 0.2) is 0 Å². The summed E-state index contributed by atoms with van der Waals surface area (Å²) in [5.41, 5.74) is 0. The van der Waals surface area contributed by atoms with E-state index in [1.807, 2.05) is 0 Å². The van der Waals surface area contributed by atoms with E-state index in [0.29, 0.717) is 11.8 Å². The van der Waals surface area contributed by atoms with Crippen molar-refractivity contribution in [1.29, 1.82) is 0 Å². The monoisotopic (exact) mass is 285 g/mol. The lowest BCUT2D eigenvalue weighted by atomic mass is 9.86. The molecule has 4 heteroatoms. The maximum Gasteiger partial charge on any atom is 0.294 e. The molecule has 118 valence electrons. The summed E-state index contributed by atoms with van der Waals surface area (Å²) in [6.07, 6.45) is 12.6. The molecular formula is C16H31NO3. The molecule has 4 nitrogen and oxygen atoms in total. The van der Waals surface area contributed by atoms with Crippen molar-refractivity contribution in [2.75, 3.05) is 0 Å². The van der Waals surface area contributed by atoms with Crippen LogP contribution in [0.1, 0.15) is 84.5 Å². The predicted molar refractivity (Wildman–Crippen MR) is 81.0 cm³/mol. The Morgan fingerprint density at radius 1 is 1.00 bits per heavy atom. The van der Waals surface area contributed by atoms with Crippen LogP contribution in [0.4, 0.5) is 0 Å². The van der Waals surface area contributed by atoms with Crippen molar-refractivity contribution < 1.29 is 9.92 Å². The third-order valence-electron chi connectivity index (χ3n) is 4.33. The van der Waals surface area contributed by atoms with E-state index in [0.717, 1.165) is 25.7 Å². The van der Waals surface area contributed by atoms with Crippen LogP contribution in [0, 0.1) is 22.0 Å². The molecule has 2 atom stereocenters. The first-order valence-electron chi connectivity index (χ1n) is 8.39. The van der Waals surface area contributed by atoms with E-state index in [1.165, 1.54) is 44.9 Å². The van der Waals surface area contributed by atoms with Crippen LogP contribution >= 0.6 is 0 Å². The molecule has 0 aromatic heterocycles. The fourth-order valence-electron chi connectivity index (χ4n) is 3.35. The summed E-state index contributed by atoms with van der Waals surface area (Å²) < 4.78 is 0. The van der Waals surface area contributed by atoms with Gasteiger partial charge in [0.05, 0.1) is 0 Å². The van der Waals surface area contributed by atoms with Crippen molar-refractivity contribution in [1.82, 2.24) is 0 Å². The summed E-state index contributed by atoms with van der Waals surface area (Å²) in [4.78, 5) is 15.5. The SMILES string of the molecule is CC(C)CC1CCCCCCCCC(O[N+](=O)[O-])CC1. The van der Waals surface area contributed by atoms with Gasteiger partial charge in [-0.15, -0.1) is 10.1 Å². The van der Waals surface area contributed by atoms with Crippen LogP contribution in [0.5, 0.6) is 0 Å². The van der Waals surface area contributed by atoms with Crippen molar-refractivity contribution in [3.8, 4) is 0 Å². The zero-order valence-electron chi connectivity index (χ0n) is 13.2. The van der Waals surface area contributed by atoms with Gasteiger partial charge < -0.3 is 4.84 Å². The average molecular weight is 285 g/mol. The topological polar surface area (TPSA) is 52.4 Å². The van der Waals surface area contributed by atoms with Gasteiger partial charge in [0.1, 0.15) is 6.10 Å². The number of hydrogen-bond acceptors (Lipinski definition) is 3. The maximum atomic E-state index is 10.6. The lowest BCUT2D eigenvalue weighted by molar-refractivity contribution is -0.769. The average Bonchev–Trinajstić information content (AvgIpc) is 2.34. The van der Waals surface area contributed by atoms with Crippen LogP contribution in [-0.2, 0) is 4.84 Å². The van der Waals surface area contributed by atoms with Gasteiger partial charge in [0, 0.05) is 0 Å². The van der Waals surface area contributed by atoms with Crippen molar-refractivity contribution in [3.05, 3.63) is 10.1 Å². The Balaban J connectivity index is 2.50. The van der Waals surface area contributed by atoms with Crippen molar-refractivity contribution in [2.24, 2.45) is 11.8 Å². The summed E-state index contributed by atoms with van der Waals surface area (Å²) in [6, 6.07) is 0. The molecule has 0 aliphatic heterocycles. The normalized spacial score (nSPS) is 26.6. The third-order valence-corrected chi connectivity index (χ3v) is 4.33. The summed E-state index contributed by atoms with van der Waals surface area (Å²) in [6.45, 7) is 4.53. The van der Waals surface area contributed by atoms with Gasteiger partial charge >= 0.3 is 0 Å². The van der Waals surface area contributed by atoms with E-state index in [2.05, 4.69) is 13.8 Å². The molecule has 0 aromatic carbocycles. The Kier molecular flexibility index (Phi) is 8.63. The fraction of sp³-hybridized carbons (Fsp3) is 1.00. The first kappa shape index (κ1) is 17.3. The first-order valence-corrected chi connectivity index (χ1v) is 8.39. The molecule has 1 fully saturated rings. The van der Waals surface area contributed by atoms with Crippen LogP contribution in [0.3, 0.4) is 0 Å². The van der Waals surface area contributed by atoms with E-state index in [1.54, 1.807) is 0 Å². The second-order valence-corrected chi connectivity index (χ2v) is 6.72. The zero-order chi connectivity index (χ0) is 14.8. The highest BCUT2D eigenvalue weighted by Crippen LogP contribution is 2.27. The van der Waals surface area contributed by atoms with Gasteiger partial charge in [-0.05, 0) is 37.5 Å². The highest BCUT2D eigenvalue weighted by molar-refractivity contribution is 4.67. The Bertz CT molecular complexity index is 268. The van der Waals surface area contributed by atoms with E-state index < -0.39 is 5.09 Å². The molecule has 0 aromatic rings. The Labute approximate surface area is 123 Å². The number of rotatable bonds is 4. The minimum absolute atomic E-state index is 0.181. The maximum absolute atomic E-state index is 10.6. The lowest BCUT2D eigenvalue weighted by Crippen LogP contribution is -2.19. The van der Waals surface area contributed by atoms with Gasteiger partial charge in [-0.25, -0.2) is 0 Å². The number of nitrogens with zero attached hydrogens (tertiary/aromatic N) is 1. The highest BCUT2D eigenvalue weighted by Gasteiger charge is 2.18. The van der Waals surface area contributed by atoms with Gasteiger partial charge in [0.25, 0.3) is 5.09 Å². The molecule has 1 aliphatic rings. The Morgan fingerprint density at radius 3 is 2.20 bits per heavy atom. The molecule has 0 bridgehead atoms. The molecular weight excluding hydrogens is 254 g/mol. The van der Waals surface area contributed by atoms with Crippen LogP contribution < -0.4 is 0 Å². The van der Waals surface area contributed by atoms with E-state index >= 15 is 0 Å². The quantitative estimate of drug-likeness (QED) is 0.531. The molecule has 1 saturated carbocycles. The third kappa shape index (κ3) is 8.39. The van der Waals surface area contributed by atoms with E-state index in [4.69, 9.17) is 4.84 Å². The molecule has 0 N–H and O–H groups in total. The molecule has 2 unspecified atom stereocenters. The van der Waals surface area contributed by atoms with Crippen molar-refractivity contribution in [2.45, 2.75) is 90.6 Å². The Morgan fingerprint density at radius 2 is 1.60 bits per heavy atom. The molecule has 1 aliphatic carbocycles. The van der Waals surface area contributed by atoms with Crippen molar-refractivity contribution in [3.63, 3.8) is 0 Å². The minimum Gasteiger partial charge on any atom is -0.311 e. The number of hydrogen-bond donors (Lipinski definition) is 0. The molecule has 0 saturated heterocycles. The summed E-state index contributed by atoms with van der Waals surface area (Å²) in [5, 5.41) is 9.98. The highest BCUT2D eigenvalue weighted by atomic mass is 17.0. The fourth-order valence-corrected chi connectivity index (χ4v) is 3.35. The van der Waals surface area contributed by atoms with Crippen LogP contribution in [-0.4, -0.2) is 11.2 Å². The molecule has 0 amide bonds. The molecule has 0 radical (unpaired) electrons. The van der Waals surface area contributed by atoms with Crippen LogP contribution in [0.25, 0.3) is 0 Å². The van der Waals surface area contributed by atoms with Gasteiger partial charge in [0.2, 0.25) is 0 Å². The van der Waals surface area contributed by atoms with Crippen LogP contribution in [0.2, 0.25) is 0 Å². The van der Waals surface area contributed by atoms with Crippen molar-refractivity contribution >= 4 is 0 Å². The zero-order valence-corrected chi connectivity index (χ0v) is 13.2. The minimum atomic E-state index is -0.603. The standard InChI is InChI=1S/C16H31NO3/c1-14(2)13-15-9-7-5-3-4-6-8-10-16(12-11-15)20-17(18)19/h14-16H,3-13H2,1-2H3. The predicted octanol–water partition coefficient (Wildman–Crippen LogP) is 5.14. The van der Waals surface area contributed by atoms with Gasteiger partial charge in [-0.2, -0.15) is 0 Å². The summed E-state index contributed by atoms with van der Waals surface area (Å²) in [5.74, 6) is 1.43. The summed E-state index contributed by atoms with van der Waals surface area (Å²) >= 11 is 0. The van der Waals surface area contributed by atoms with Gasteiger partial charge in [-0.3, -0.25) is 0 Å². The molecule has 1 rings (SSSR count). The molecule has 0 spiro atoms. The first-order chi connectivity index (χ1) is 9.58. The van der Waals surface area contributed by atoms with E-state index in [-0.39, 0.29) is 6.10 Å². The van der Waals surface area contributed by atoms with Gasteiger partial charge in [0.15, 0.2) is 0 Å². The molecule has 0 heterocycles. The second kappa shape index (κ2) is 10.0. The summed E-state index contributed by atoms with van der Waals surface area (Å²) in [7, 11) is 0. The largest absolute Gasteiger partial charge is 0.311 e. The van der Waals surface area contributed by atoms with E-state index in [9.17, 15) is 10.1 Å².